The zero-order valence-corrected chi connectivity index (χ0v) is 8.10. The summed E-state index contributed by atoms with van der Waals surface area (Å²) in [5, 5.41) is 17.3. The van der Waals surface area contributed by atoms with Gasteiger partial charge in [-0.05, 0) is 25.5 Å². The molecule has 0 saturated carbocycles. The van der Waals surface area contributed by atoms with E-state index in [-0.39, 0.29) is 11.6 Å². The van der Waals surface area contributed by atoms with Gasteiger partial charge >= 0.3 is 7.32 Å². The molecule has 0 saturated heterocycles. The van der Waals surface area contributed by atoms with Crippen LogP contribution in [0.1, 0.15) is 12.5 Å². The highest BCUT2D eigenvalue weighted by molar-refractivity contribution is 6.33. The van der Waals surface area contributed by atoms with Gasteiger partial charge in [-0.1, -0.05) is 0 Å². The lowest BCUT2D eigenvalue weighted by Crippen LogP contribution is -2.21. The number of nitrogens with zero attached hydrogens (tertiary/aromatic N) is 1. The fourth-order valence-electron chi connectivity index (χ4n) is 1.01. The highest BCUT2D eigenvalue weighted by Gasteiger charge is 2.17. The maximum absolute atomic E-state index is 8.67. The lowest BCUT2D eigenvalue weighted by molar-refractivity contribution is 0.265. The fourth-order valence-corrected chi connectivity index (χ4v) is 1.01. The molecule has 1 rings (SSSR count). The predicted octanol–water partition coefficient (Wildman–Crippen LogP) is 0.137. The minimum atomic E-state index is -1.86. The monoisotopic (exact) mass is 197 g/mol. The zero-order chi connectivity index (χ0) is 10.6. The second-order valence-electron chi connectivity index (χ2n) is 2.64. The minimum absolute atomic E-state index is 0.254. The fraction of sp³-hybridized carbons (Fsp3) is 0.375. The van der Waals surface area contributed by atoms with E-state index in [1.807, 2.05) is 6.92 Å². The molecule has 0 bridgehead atoms. The van der Waals surface area contributed by atoms with Crippen molar-refractivity contribution in [1.29, 1.82) is 0 Å². The van der Waals surface area contributed by atoms with E-state index in [1.165, 1.54) is 0 Å². The number of aryl methyl sites for hydroxylation is 1. The summed E-state index contributed by atoms with van der Waals surface area (Å²) < 4.78 is 9.91. The average Bonchev–Trinajstić information content (AvgIpc) is 2.11. The van der Waals surface area contributed by atoms with Crippen molar-refractivity contribution in [3.8, 4) is 11.6 Å². The van der Waals surface area contributed by atoms with Crippen molar-refractivity contribution in [2.24, 2.45) is 0 Å². The van der Waals surface area contributed by atoms with Crippen LogP contribution in [0.15, 0.2) is 12.3 Å². The summed E-state index contributed by atoms with van der Waals surface area (Å²) in [5.74, 6) is 0.518. The van der Waals surface area contributed by atoms with Crippen LogP contribution in [0.3, 0.4) is 0 Å². The van der Waals surface area contributed by atoms with E-state index in [4.69, 9.17) is 19.4 Å². The van der Waals surface area contributed by atoms with E-state index in [9.17, 15) is 0 Å². The van der Waals surface area contributed by atoms with Gasteiger partial charge in [-0.15, -0.1) is 0 Å². The summed E-state index contributed by atoms with van der Waals surface area (Å²) in [5.41, 5.74) is 0.733. The lowest BCUT2D eigenvalue weighted by atomic mass is 10.2. The van der Waals surface area contributed by atoms with Crippen molar-refractivity contribution in [1.82, 2.24) is 4.98 Å². The smallest absolute Gasteiger partial charge is 0.508 e. The van der Waals surface area contributed by atoms with Gasteiger partial charge in [0.15, 0.2) is 5.75 Å². The van der Waals surface area contributed by atoms with Gasteiger partial charge in [-0.3, -0.25) is 0 Å². The van der Waals surface area contributed by atoms with Gasteiger partial charge in [0.1, 0.15) is 0 Å². The summed E-state index contributed by atoms with van der Waals surface area (Å²) in [4.78, 5) is 3.91. The van der Waals surface area contributed by atoms with Crippen LogP contribution in [0.4, 0.5) is 0 Å². The first-order valence-electron chi connectivity index (χ1n) is 4.26. The van der Waals surface area contributed by atoms with Crippen LogP contribution in [0, 0.1) is 6.92 Å². The first kappa shape index (κ1) is 10.8. The molecule has 5 nitrogen and oxygen atoms in total. The van der Waals surface area contributed by atoms with Gasteiger partial charge in [0, 0.05) is 6.20 Å². The van der Waals surface area contributed by atoms with Crippen LogP contribution in [-0.4, -0.2) is 29.0 Å². The number of rotatable bonds is 4. The van der Waals surface area contributed by atoms with Gasteiger partial charge in [0.2, 0.25) is 0 Å². The van der Waals surface area contributed by atoms with E-state index in [0.29, 0.717) is 6.61 Å². The van der Waals surface area contributed by atoms with Crippen LogP contribution in [-0.2, 0) is 0 Å². The number of hydrogen-bond donors (Lipinski definition) is 2. The summed E-state index contributed by atoms with van der Waals surface area (Å²) in [6.45, 7) is 4.01. The van der Waals surface area contributed by atoms with Gasteiger partial charge in [-0.2, -0.15) is 0 Å². The van der Waals surface area contributed by atoms with Crippen LogP contribution in [0.25, 0.3) is 0 Å². The predicted molar refractivity (Wildman–Crippen MR) is 51.0 cm³/mol. The lowest BCUT2D eigenvalue weighted by Gasteiger charge is -2.12. The van der Waals surface area contributed by atoms with E-state index in [2.05, 4.69) is 4.98 Å². The molecule has 0 unspecified atom stereocenters. The molecular formula is C8H12BNO4. The SMILES string of the molecule is CCOc1nccc(C)c1OB(O)O. The normalized spacial score (nSPS) is 9.71. The third-order valence-electron chi connectivity index (χ3n) is 1.57. The van der Waals surface area contributed by atoms with Crippen molar-refractivity contribution in [2.45, 2.75) is 13.8 Å². The van der Waals surface area contributed by atoms with Gasteiger partial charge in [0.25, 0.3) is 5.88 Å². The van der Waals surface area contributed by atoms with Crippen molar-refractivity contribution in [3.63, 3.8) is 0 Å². The summed E-state index contributed by atoms with van der Waals surface area (Å²) in [7, 11) is -1.86. The van der Waals surface area contributed by atoms with E-state index in [1.54, 1.807) is 19.2 Å². The number of ether oxygens (including phenoxy) is 1. The third-order valence-corrected chi connectivity index (χ3v) is 1.57. The Balaban J connectivity index is 2.96. The molecule has 2 N–H and O–H groups in total. The largest absolute Gasteiger partial charge is 0.707 e. The van der Waals surface area contributed by atoms with E-state index < -0.39 is 7.32 Å². The Hall–Kier alpha value is -1.27. The second kappa shape index (κ2) is 4.83. The Morgan fingerprint density at radius 1 is 1.50 bits per heavy atom. The molecule has 0 amide bonds. The number of aromatic nitrogens is 1. The maximum Gasteiger partial charge on any atom is 0.707 e. The summed E-state index contributed by atoms with van der Waals surface area (Å²) in [6, 6.07) is 1.69. The molecule has 76 valence electrons. The molecule has 1 aromatic heterocycles. The number of hydrogen-bond acceptors (Lipinski definition) is 5. The Labute approximate surface area is 82.5 Å². The van der Waals surface area contributed by atoms with Crippen molar-refractivity contribution < 1.29 is 19.4 Å². The molecule has 0 aliphatic heterocycles. The summed E-state index contributed by atoms with van der Waals surface area (Å²) >= 11 is 0. The topological polar surface area (TPSA) is 71.8 Å². The Kier molecular flexibility index (Phi) is 3.73. The molecule has 1 aromatic rings. The third kappa shape index (κ3) is 2.61. The number of pyridine rings is 1. The van der Waals surface area contributed by atoms with Crippen LogP contribution in [0.5, 0.6) is 11.6 Å². The molecule has 0 aromatic carbocycles. The quantitative estimate of drug-likeness (QED) is 0.671. The maximum atomic E-state index is 8.67. The first-order chi connectivity index (χ1) is 6.65. The summed E-state index contributed by atoms with van der Waals surface area (Å²) in [6.07, 6.45) is 1.57. The van der Waals surface area contributed by atoms with Crippen molar-refractivity contribution in [2.75, 3.05) is 6.61 Å². The molecule has 0 spiro atoms. The van der Waals surface area contributed by atoms with E-state index in [0.717, 1.165) is 5.56 Å². The molecule has 0 atom stereocenters. The van der Waals surface area contributed by atoms with Crippen molar-refractivity contribution >= 4 is 7.32 Å². The first-order valence-corrected chi connectivity index (χ1v) is 4.26. The Morgan fingerprint density at radius 2 is 2.21 bits per heavy atom. The molecule has 0 fully saturated rings. The average molecular weight is 197 g/mol. The molecule has 6 heteroatoms. The van der Waals surface area contributed by atoms with Gasteiger partial charge < -0.3 is 19.4 Å². The van der Waals surface area contributed by atoms with Crippen LogP contribution < -0.4 is 9.39 Å². The molecule has 0 aliphatic carbocycles. The van der Waals surface area contributed by atoms with Crippen LogP contribution in [0.2, 0.25) is 0 Å². The standard InChI is InChI=1S/C8H12BNO4/c1-3-13-8-7(14-9(11)12)6(2)4-5-10-8/h4-5,11-12H,3H2,1-2H3. The zero-order valence-electron chi connectivity index (χ0n) is 8.10. The molecule has 1 heterocycles. The molecule has 0 aliphatic rings. The van der Waals surface area contributed by atoms with Gasteiger partial charge in [0.05, 0.1) is 6.61 Å². The van der Waals surface area contributed by atoms with Crippen molar-refractivity contribution in [3.05, 3.63) is 17.8 Å². The van der Waals surface area contributed by atoms with Gasteiger partial charge in [-0.25, -0.2) is 4.98 Å². The molecular weight excluding hydrogens is 185 g/mol. The highest BCUT2D eigenvalue weighted by Crippen LogP contribution is 2.28. The van der Waals surface area contributed by atoms with Crippen LogP contribution >= 0.6 is 0 Å². The minimum Gasteiger partial charge on any atom is -0.508 e. The molecule has 14 heavy (non-hydrogen) atoms. The Morgan fingerprint density at radius 3 is 2.79 bits per heavy atom. The Bertz CT molecular complexity index is 305. The van der Waals surface area contributed by atoms with E-state index >= 15 is 0 Å². The second-order valence-corrected chi connectivity index (χ2v) is 2.64. The highest BCUT2D eigenvalue weighted by atomic mass is 16.6. The molecule has 0 radical (unpaired) electrons.